The number of hydrogen-bond donors (Lipinski definition) is 2. The van der Waals surface area contributed by atoms with Crippen molar-refractivity contribution in [2.75, 3.05) is 39.3 Å². The topological polar surface area (TPSA) is 52.7 Å². The predicted octanol–water partition coefficient (Wildman–Crippen LogP) is 1.28. The lowest BCUT2D eigenvalue weighted by molar-refractivity contribution is 0.0578. The predicted molar refractivity (Wildman–Crippen MR) is 81.3 cm³/mol. The molecule has 0 spiro atoms. The molecular weight excluding hydrogens is 238 g/mol. The van der Waals surface area contributed by atoms with Crippen molar-refractivity contribution < 1.29 is 5.11 Å². The van der Waals surface area contributed by atoms with Crippen molar-refractivity contribution in [3.8, 4) is 0 Å². The molecule has 1 saturated heterocycles. The maximum Gasteiger partial charge on any atom is 0.0603 e. The molecule has 0 amide bonds. The normalized spacial score (nSPS) is 21.3. The molecule has 1 aliphatic heterocycles. The van der Waals surface area contributed by atoms with Crippen LogP contribution in [-0.2, 0) is 0 Å². The largest absolute Gasteiger partial charge is 0.390 e. The van der Waals surface area contributed by atoms with E-state index in [1.54, 1.807) is 0 Å². The number of nitrogens with two attached hydrogens (primary N) is 1. The molecule has 0 aromatic heterocycles. The molecule has 1 atom stereocenters. The molecule has 1 aliphatic rings. The van der Waals surface area contributed by atoms with Crippen LogP contribution in [0.5, 0.6) is 0 Å². The summed E-state index contributed by atoms with van der Waals surface area (Å²) in [5.74, 6) is 0. The highest BCUT2D eigenvalue weighted by atomic mass is 16.3. The molecule has 0 aromatic carbocycles. The van der Waals surface area contributed by atoms with Gasteiger partial charge in [-0.15, -0.1) is 0 Å². The Bertz CT molecular complexity index is 240. The van der Waals surface area contributed by atoms with Crippen molar-refractivity contribution in [1.82, 2.24) is 9.80 Å². The Hall–Kier alpha value is -0.160. The van der Waals surface area contributed by atoms with Crippen LogP contribution in [0, 0.1) is 0 Å². The average Bonchev–Trinajstić information content (AvgIpc) is 2.58. The summed E-state index contributed by atoms with van der Waals surface area (Å²) in [5.41, 5.74) is 5.16. The fourth-order valence-electron chi connectivity index (χ4n) is 2.85. The van der Waals surface area contributed by atoms with E-state index in [1.807, 2.05) is 13.8 Å². The van der Waals surface area contributed by atoms with Crippen molar-refractivity contribution in [3.63, 3.8) is 0 Å². The van der Waals surface area contributed by atoms with Crippen LogP contribution in [0.2, 0.25) is 0 Å². The summed E-state index contributed by atoms with van der Waals surface area (Å²) >= 11 is 0. The first-order chi connectivity index (χ1) is 8.96. The molecule has 1 rings (SSSR count). The quantitative estimate of drug-likeness (QED) is 0.732. The van der Waals surface area contributed by atoms with Gasteiger partial charge in [0.05, 0.1) is 5.60 Å². The number of aliphatic hydroxyl groups is 1. The molecule has 1 heterocycles. The molecule has 1 fully saturated rings. The molecule has 0 bridgehead atoms. The van der Waals surface area contributed by atoms with E-state index in [-0.39, 0.29) is 0 Å². The summed E-state index contributed by atoms with van der Waals surface area (Å²) in [7, 11) is 0. The molecular formula is C15H33N3O. The Labute approximate surface area is 118 Å². The van der Waals surface area contributed by atoms with Gasteiger partial charge >= 0.3 is 0 Å². The second-order valence-corrected chi connectivity index (χ2v) is 6.43. The summed E-state index contributed by atoms with van der Waals surface area (Å²) in [5, 5.41) is 9.82. The lowest BCUT2D eigenvalue weighted by atomic mass is 10.1. The van der Waals surface area contributed by atoms with Crippen molar-refractivity contribution in [1.29, 1.82) is 0 Å². The minimum Gasteiger partial charge on any atom is -0.390 e. The molecule has 19 heavy (non-hydrogen) atoms. The van der Waals surface area contributed by atoms with Crippen LogP contribution in [0.15, 0.2) is 0 Å². The van der Waals surface area contributed by atoms with E-state index >= 15 is 0 Å². The highest BCUT2D eigenvalue weighted by Crippen LogP contribution is 2.14. The zero-order chi connectivity index (χ0) is 14.3. The van der Waals surface area contributed by atoms with Crippen LogP contribution >= 0.6 is 0 Å². The number of rotatable bonds is 7. The maximum absolute atomic E-state index is 9.82. The van der Waals surface area contributed by atoms with Gasteiger partial charge < -0.3 is 15.7 Å². The fourth-order valence-corrected chi connectivity index (χ4v) is 2.85. The van der Waals surface area contributed by atoms with Crippen LogP contribution in [-0.4, -0.2) is 65.8 Å². The Morgan fingerprint density at radius 1 is 1.21 bits per heavy atom. The van der Waals surface area contributed by atoms with Gasteiger partial charge in [-0.05, 0) is 59.2 Å². The van der Waals surface area contributed by atoms with E-state index in [9.17, 15) is 5.11 Å². The highest BCUT2D eigenvalue weighted by molar-refractivity contribution is 4.77. The van der Waals surface area contributed by atoms with Gasteiger partial charge in [-0.3, -0.25) is 4.90 Å². The Morgan fingerprint density at radius 3 is 2.53 bits per heavy atom. The van der Waals surface area contributed by atoms with Crippen LogP contribution in [0.1, 0.15) is 46.5 Å². The van der Waals surface area contributed by atoms with E-state index in [4.69, 9.17) is 5.73 Å². The molecule has 0 aromatic rings. The monoisotopic (exact) mass is 271 g/mol. The second kappa shape index (κ2) is 8.20. The van der Waals surface area contributed by atoms with Crippen molar-refractivity contribution in [2.24, 2.45) is 5.73 Å². The Balaban J connectivity index is 2.38. The van der Waals surface area contributed by atoms with Gasteiger partial charge in [0.2, 0.25) is 0 Å². The summed E-state index contributed by atoms with van der Waals surface area (Å²) < 4.78 is 0. The zero-order valence-corrected chi connectivity index (χ0v) is 13.1. The van der Waals surface area contributed by atoms with E-state index in [1.165, 1.54) is 19.4 Å². The van der Waals surface area contributed by atoms with Crippen molar-refractivity contribution in [3.05, 3.63) is 0 Å². The standard InChI is InChI=1S/C15H33N3O/c1-4-14(6-8-16)18-10-5-9-17(12-13-18)11-7-15(2,3)19/h14,19H,4-13,16H2,1-3H3. The van der Waals surface area contributed by atoms with Gasteiger partial charge in [0, 0.05) is 25.7 Å². The highest BCUT2D eigenvalue weighted by Gasteiger charge is 2.21. The average molecular weight is 271 g/mol. The zero-order valence-electron chi connectivity index (χ0n) is 13.1. The van der Waals surface area contributed by atoms with Crippen LogP contribution in [0.25, 0.3) is 0 Å². The number of hydrogen-bond acceptors (Lipinski definition) is 4. The van der Waals surface area contributed by atoms with Crippen molar-refractivity contribution >= 4 is 0 Å². The first-order valence-corrected chi connectivity index (χ1v) is 7.85. The first kappa shape index (κ1) is 16.9. The third-order valence-corrected chi connectivity index (χ3v) is 4.15. The fraction of sp³-hybridized carbons (Fsp3) is 1.00. The summed E-state index contributed by atoms with van der Waals surface area (Å²) in [6.07, 6.45) is 4.39. The van der Waals surface area contributed by atoms with Gasteiger partial charge in [-0.2, -0.15) is 0 Å². The lowest BCUT2D eigenvalue weighted by Gasteiger charge is -2.30. The molecule has 0 saturated carbocycles. The van der Waals surface area contributed by atoms with Crippen LogP contribution in [0.4, 0.5) is 0 Å². The van der Waals surface area contributed by atoms with Crippen LogP contribution < -0.4 is 5.73 Å². The van der Waals surface area contributed by atoms with E-state index < -0.39 is 5.60 Å². The molecule has 3 N–H and O–H groups in total. The van der Waals surface area contributed by atoms with Gasteiger partial charge in [0.25, 0.3) is 0 Å². The molecule has 0 radical (unpaired) electrons. The van der Waals surface area contributed by atoms with Crippen LogP contribution in [0.3, 0.4) is 0 Å². The van der Waals surface area contributed by atoms with Gasteiger partial charge in [0.15, 0.2) is 0 Å². The number of nitrogens with zero attached hydrogens (tertiary/aromatic N) is 2. The molecule has 4 heteroatoms. The van der Waals surface area contributed by atoms with E-state index in [0.717, 1.165) is 45.6 Å². The van der Waals surface area contributed by atoms with E-state index in [2.05, 4.69) is 16.7 Å². The lowest BCUT2D eigenvalue weighted by Crippen LogP contribution is -2.39. The minimum absolute atomic E-state index is 0.544. The second-order valence-electron chi connectivity index (χ2n) is 6.43. The van der Waals surface area contributed by atoms with Gasteiger partial charge in [0.1, 0.15) is 0 Å². The Kier molecular flexibility index (Phi) is 7.29. The van der Waals surface area contributed by atoms with Gasteiger partial charge in [-0.25, -0.2) is 0 Å². The molecule has 114 valence electrons. The minimum atomic E-state index is -0.544. The molecule has 4 nitrogen and oxygen atoms in total. The third kappa shape index (κ3) is 6.70. The van der Waals surface area contributed by atoms with Gasteiger partial charge in [-0.1, -0.05) is 6.92 Å². The third-order valence-electron chi connectivity index (χ3n) is 4.15. The summed E-state index contributed by atoms with van der Waals surface area (Å²) in [6.45, 7) is 12.5. The van der Waals surface area contributed by atoms with E-state index in [0.29, 0.717) is 6.04 Å². The molecule has 1 unspecified atom stereocenters. The first-order valence-electron chi connectivity index (χ1n) is 7.85. The van der Waals surface area contributed by atoms with Crippen molar-refractivity contribution in [2.45, 2.75) is 58.1 Å². The Morgan fingerprint density at radius 2 is 1.95 bits per heavy atom. The molecule has 0 aliphatic carbocycles. The smallest absolute Gasteiger partial charge is 0.0603 e. The maximum atomic E-state index is 9.82. The SMILES string of the molecule is CCC(CCN)N1CCCN(CCC(C)(C)O)CC1. The summed E-state index contributed by atoms with van der Waals surface area (Å²) in [4.78, 5) is 5.10. The summed E-state index contributed by atoms with van der Waals surface area (Å²) in [6, 6.07) is 0.652.